The molecule has 4 nitrogen and oxygen atoms in total. The molecule has 0 aromatic heterocycles. The largest absolute Gasteiger partial charge is 0.493 e. The Morgan fingerprint density at radius 1 is 1.00 bits per heavy atom. The van der Waals surface area contributed by atoms with Crippen molar-refractivity contribution in [1.82, 2.24) is 10.2 Å². The number of likely N-dealkylation sites (tertiary alicyclic amines) is 1. The van der Waals surface area contributed by atoms with Gasteiger partial charge in [0, 0.05) is 0 Å². The molecule has 29 heavy (non-hydrogen) atoms. The summed E-state index contributed by atoms with van der Waals surface area (Å²) >= 11 is 0. The lowest BCUT2D eigenvalue weighted by Gasteiger charge is -2.44. The predicted molar refractivity (Wildman–Crippen MR) is 121 cm³/mol. The van der Waals surface area contributed by atoms with E-state index in [0.717, 1.165) is 24.0 Å². The molecule has 1 heterocycles. The van der Waals surface area contributed by atoms with Crippen LogP contribution in [0.25, 0.3) is 0 Å². The number of rotatable bonds is 13. The molecule has 1 atom stereocenters. The Kier molecular flexibility index (Phi) is 8.68. The van der Waals surface area contributed by atoms with Gasteiger partial charge in [0.15, 0.2) is 11.5 Å². The number of hydrogen-bond donors (Lipinski definition) is 1. The van der Waals surface area contributed by atoms with Crippen LogP contribution < -0.4 is 14.8 Å². The Balaban J connectivity index is 1.37. The van der Waals surface area contributed by atoms with Crippen LogP contribution in [0.15, 0.2) is 18.2 Å². The predicted octanol–water partition coefficient (Wildman–Crippen LogP) is 5.01. The van der Waals surface area contributed by atoms with E-state index in [2.05, 4.69) is 35.3 Å². The minimum absolute atomic E-state index is 0.342. The van der Waals surface area contributed by atoms with Gasteiger partial charge in [-0.15, -0.1) is 0 Å². The maximum atomic E-state index is 5.55. The topological polar surface area (TPSA) is 33.7 Å². The molecule has 2 fully saturated rings. The molecule has 1 aromatic rings. The first kappa shape index (κ1) is 22.4. The minimum atomic E-state index is 0.342. The van der Waals surface area contributed by atoms with Gasteiger partial charge in [-0.2, -0.15) is 0 Å². The second-order valence-electron chi connectivity index (χ2n) is 9.31. The number of nitrogens with one attached hydrogen (secondary N) is 1. The zero-order chi connectivity index (χ0) is 20.5. The van der Waals surface area contributed by atoms with Crippen LogP contribution in [0.3, 0.4) is 0 Å². The molecule has 0 amide bonds. The molecule has 0 radical (unpaired) electrons. The highest BCUT2D eigenvalue weighted by Gasteiger charge is 2.39. The van der Waals surface area contributed by atoms with Crippen molar-refractivity contribution in [2.24, 2.45) is 5.92 Å². The van der Waals surface area contributed by atoms with Crippen molar-refractivity contribution in [3.8, 4) is 11.5 Å². The third-order valence-corrected chi connectivity index (χ3v) is 7.14. The summed E-state index contributed by atoms with van der Waals surface area (Å²) in [6, 6.07) is 6.54. The SMILES string of the molecule is COc1ccc(C2(CC(C)CCNCCCCN3CCCC3)CCC2)cc1OC. The number of methoxy groups -OCH3 is 2. The number of ether oxygens (including phenoxy) is 2. The van der Waals surface area contributed by atoms with Crippen molar-refractivity contribution >= 4 is 0 Å². The molecular weight excluding hydrogens is 360 g/mol. The van der Waals surface area contributed by atoms with Gasteiger partial charge < -0.3 is 19.7 Å². The van der Waals surface area contributed by atoms with E-state index in [1.165, 1.54) is 89.5 Å². The summed E-state index contributed by atoms with van der Waals surface area (Å²) in [4.78, 5) is 2.62. The van der Waals surface area contributed by atoms with E-state index in [1.54, 1.807) is 14.2 Å². The van der Waals surface area contributed by atoms with E-state index in [-0.39, 0.29) is 0 Å². The molecule has 1 aromatic carbocycles. The molecule has 3 rings (SSSR count). The average molecular weight is 403 g/mol. The number of unbranched alkanes of at least 4 members (excludes halogenated alkanes) is 1. The fourth-order valence-electron chi connectivity index (χ4n) is 5.21. The third kappa shape index (κ3) is 6.11. The quantitative estimate of drug-likeness (QED) is 0.470. The van der Waals surface area contributed by atoms with E-state index in [9.17, 15) is 0 Å². The fraction of sp³-hybridized carbons (Fsp3) is 0.760. The Bertz CT molecular complexity index is 609. The summed E-state index contributed by atoms with van der Waals surface area (Å²) in [6.45, 7) is 8.69. The van der Waals surface area contributed by atoms with Crippen LogP contribution in [0.4, 0.5) is 0 Å². The molecule has 1 saturated heterocycles. The van der Waals surface area contributed by atoms with Crippen LogP contribution in [-0.2, 0) is 5.41 Å². The van der Waals surface area contributed by atoms with Gasteiger partial charge in [-0.3, -0.25) is 0 Å². The summed E-state index contributed by atoms with van der Waals surface area (Å²) in [6.07, 6.45) is 11.9. The molecule has 1 N–H and O–H groups in total. The highest BCUT2D eigenvalue weighted by atomic mass is 16.5. The molecule has 2 aliphatic rings. The summed E-state index contributed by atoms with van der Waals surface area (Å²) < 4.78 is 11.0. The zero-order valence-corrected chi connectivity index (χ0v) is 19.0. The van der Waals surface area contributed by atoms with Crippen molar-refractivity contribution in [3.63, 3.8) is 0 Å². The molecule has 164 valence electrons. The second kappa shape index (κ2) is 11.2. The first-order valence-corrected chi connectivity index (χ1v) is 11.8. The Morgan fingerprint density at radius 2 is 1.76 bits per heavy atom. The third-order valence-electron chi connectivity index (χ3n) is 7.14. The van der Waals surface area contributed by atoms with Crippen LogP contribution in [0.5, 0.6) is 11.5 Å². The lowest BCUT2D eigenvalue weighted by molar-refractivity contribution is 0.189. The molecular formula is C25H42N2O2. The van der Waals surface area contributed by atoms with Crippen molar-refractivity contribution in [2.45, 2.75) is 70.1 Å². The number of nitrogens with zero attached hydrogens (tertiary/aromatic N) is 1. The molecule has 0 spiro atoms. The van der Waals surface area contributed by atoms with Gasteiger partial charge in [0.2, 0.25) is 0 Å². The van der Waals surface area contributed by atoms with E-state index in [1.807, 2.05) is 0 Å². The lowest BCUT2D eigenvalue weighted by Crippen LogP contribution is -2.36. The van der Waals surface area contributed by atoms with Gasteiger partial charge in [-0.05, 0) is 113 Å². The average Bonchev–Trinajstić information content (AvgIpc) is 3.23. The fourth-order valence-corrected chi connectivity index (χ4v) is 5.21. The number of hydrogen-bond acceptors (Lipinski definition) is 4. The van der Waals surface area contributed by atoms with Gasteiger partial charge in [-0.1, -0.05) is 19.4 Å². The van der Waals surface area contributed by atoms with Crippen LogP contribution in [-0.4, -0.2) is 51.8 Å². The van der Waals surface area contributed by atoms with E-state index >= 15 is 0 Å². The molecule has 1 unspecified atom stereocenters. The highest BCUT2D eigenvalue weighted by molar-refractivity contribution is 5.45. The monoisotopic (exact) mass is 402 g/mol. The number of benzene rings is 1. The molecule has 1 saturated carbocycles. The van der Waals surface area contributed by atoms with Crippen molar-refractivity contribution < 1.29 is 9.47 Å². The maximum absolute atomic E-state index is 5.55. The van der Waals surface area contributed by atoms with Crippen LogP contribution in [0.2, 0.25) is 0 Å². The second-order valence-corrected chi connectivity index (χ2v) is 9.31. The normalized spacial score (nSPS) is 19.7. The molecule has 1 aliphatic heterocycles. The van der Waals surface area contributed by atoms with Gasteiger partial charge in [0.05, 0.1) is 14.2 Å². The van der Waals surface area contributed by atoms with E-state index in [0.29, 0.717) is 5.41 Å². The Hall–Kier alpha value is -1.26. The molecule has 1 aliphatic carbocycles. The van der Waals surface area contributed by atoms with Gasteiger partial charge in [-0.25, -0.2) is 0 Å². The summed E-state index contributed by atoms with van der Waals surface area (Å²) in [5.41, 5.74) is 1.78. The van der Waals surface area contributed by atoms with Crippen LogP contribution in [0.1, 0.15) is 70.3 Å². The van der Waals surface area contributed by atoms with Crippen LogP contribution >= 0.6 is 0 Å². The summed E-state index contributed by atoms with van der Waals surface area (Å²) in [7, 11) is 3.44. The standard InChI is InChI=1S/C25H42N2O2/c1-21(11-15-26-14-4-5-16-27-17-6-7-18-27)20-25(12-8-13-25)22-9-10-23(28-2)24(19-22)29-3/h9-10,19,21,26H,4-8,11-18,20H2,1-3H3. The Labute approximate surface area is 178 Å². The first-order chi connectivity index (χ1) is 14.2. The molecule has 4 heteroatoms. The smallest absolute Gasteiger partial charge is 0.161 e. The maximum Gasteiger partial charge on any atom is 0.161 e. The van der Waals surface area contributed by atoms with Gasteiger partial charge in [0.1, 0.15) is 0 Å². The Morgan fingerprint density at radius 3 is 2.41 bits per heavy atom. The minimum Gasteiger partial charge on any atom is -0.493 e. The zero-order valence-electron chi connectivity index (χ0n) is 19.0. The van der Waals surface area contributed by atoms with E-state index < -0.39 is 0 Å². The van der Waals surface area contributed by atoms with Gasteiger partial charge in [0.25, 0.3) is 0 Å². The highest BCUT2D eigenvalue weighted by Crippen LogP contribution is 2.50. The lowest BCUT2D eigenvalue weighted by atomic mass is 9.60. The first-order valence-electron chi connectivity index (χ1n) is 11.8. The van der Waals surface area contributed by atoms with Crippen molar-refractivity contribution in [3.05, 3.63) is 23.8 Å². The van der Waals surface area contributed by atoms with Crippen molar-refractivity contribution in [2.75, 3.05) is 46.9 Å². The van der Waals surface area contributed by atoms with Gasteiger partial charge >= 0.3 is 0 Å². The molecule has 0 bridgehead atoms. The summed E-state index contributed by atoms with van der Waals surface area (Å²) in [5, 5.41) is 3.68. The van der Waals surface area contributed by atoms with E-state index in [4.69, 9.17) is 9.47 Å². The van der Waals surface area contributed by atoms with Crippen LogP contribution in [0, 0.1) is 5.92 Å². The summed E-state index contributed by atoms with van der Waals surface area (Å²) in [5.74, 6) is 2.42. The van der Waals surface area contributed by atoms with Crippen molar-refractivity contribution in [1.29, 1.82) is 0 Å².